The number of hydrogen-bond donors (Lipinski definition) is 3. The summed E-state index contributed by atoms with van der Waals surface area (Å²) in [5.74, 6) is 0.313. The number of nitrogens with two attached hydrogens (primary N) is 1. The predicted molar refractivity (Wildman–Crippen MR) is 77.3 cm³/mol. The quantitative estimate of drug-likeness (QED) is 0.329. The molecule has 0 saturated carbocycles. The third-order valence-electron chi connectivity index (χ3n) is 3.09. The van der Waals surface area contributed by atoms with E-state index in [9.17, 15) is 4.79 Å². The monoisotopic (exact) mass is 279 g/mol. The van der Waals surface area contributed by atoms with Gasteiger partial charge in [0.25, 0.3) is 5.91 Å². The highest BCUT2D eigenvalue weighted by Crippen LogP contribution is 2.20. The first-order chi connectivity index (χ1) is 9.31. The maximum atomic E-state index is 12.2. The van der Waals surface area contributed by atoms with Crippen LogP contribution in [-0.4, -0.2) is 30.6 Å². The molecule has 110 valence electrons. The van der Waals surface area contributed by atoms with Crippen molar-refractivity contribution in [1.82, 2.24) is 5.32 Å². The van der Waals surface area contributed by atoms with Crippen LogP contribution in [0.2, 0.25) is 0 Å². The Morgan fingerprint density at radius 3 is 2.70 bits per heavy atom. The van der Waals surface area contributed by atoms with Gasteiger partial charge in [-0.05, 0) is 19.1 Å². The molecular weight excluding hydrogens is 258 g/mol. The van der Waals surface area contributed by atoms with Gasteiger partial charge < -0.3 is 21.0 Å². The Morgan fingerprint density at radius 1 is 1.50 bits per heavy atom. The number of nitrogens with zero attached hydrogens (tertiary/aromatic N) is 1. The Labute approximate surface area is 118 Å². The summed E-state index contributed by atoms with van der Waals surface area (Å²) in [5, 5.41) is 14.4. The predicted octanol–water partition coefficient (Wildman–Crippen LogP) is 1.51. The van der Waals surface area contributed by atoms with E-state index in [1.54, 1.807) is 26.0 Å². The van der Waals surface area contributed by atoms with E-state index in [2.05, 4.69) is 10.5 Å². The van der Waals surface area contributed by atoms with Crippen LogP contribution in [0.25, 0.3) is 0 Å². The van der Waals surface area contributed by atoms with Crippen molar-refractivity contribution in [3.05, 3.63) is 29.3 Å². The van der Waals surface area contributed by atoms with Gasteiger partial charge in [-0.25, -0.2) is 0 Å². The second-order valence-electron chi connectivity index (χ2n) is 5.26. The number of rotatable bonds is 5. The molecule has 0 unspecified atom stereocenters. The van der Waals surface area contributed by atoms with Gasteiger partial charge in [0.2, 0.25) is 0 Å². The molecule has 0 aliphatic heterocycles. The first-order valence-corrected chi connectivity index (χ1v) is 6.22. The summed E-state index contributed by atoms with van der Waals surface area (Å²) in [5.41, 5.74) is 6.37. The van der Waals surface area contributed by atoms with Crippen LogP contribution in [0.1, 0.15) is 29.8 Å². The highest BCUT2D eigenvalue weighted by Gasteiger charge is 2.25. The number of amidine groups is 1. The topological polar surface area (TPSA) is 96.9 Å². The molecule has 6 heteroatoms. The van der Waals surface area contributed by atoms with Crippen LogP contribution in [0.5, 0.6) is 5.75 Å². The van der Waals surface area contributed by atoms with E-state index in [0.717, 1.165) is 5.56 Å². The molecule has 1 rings (SSSR count). The van der Waals surface area contributed by atoms with Crippen molar-refractivity contribution in [1.29, 1.82) is 0 Å². The third kappa shape index (κ3) is 3.63. The number of carbonyl (C=O) groups is 1. The Kier molecular flexibility index (Phi) is 4.96. The molecule has 0 heterocycles. The number of carbonyl (C=O) groups excluding carboxylic acids is 1. The molecular formula is C14H21N3O3. The lowest BCUT2D eigenvalue weighted by Crippen LogP contribution is -2.42. The normalized spacial score (nSPS) is 12.1. The lowest BCUT2D eigenvalue weighted by Gasteiger charge is -2.23. The summed E-state index contributed by atoms with van der Waals surface area (Å²) in [6, 6.07) is 5.37. The number of ether oxygens (including phenoxy) is 1. The molecule has 4 N–H and O–H groups in total. The van der Waals surface area contributed by atoms with Gasteiger partial charge in [-0.15, -0.1) is 0 Å². The van der Waals surface area contributed by atoms with Crippen molar-refractivity contribution in [2.24, 2.45) is 16.3 Å². The van der Waals surface area contributed by atoms with Crippen molar-refractivity contribution in [2.75, 3.05) is 13.7 Å². The van der Waals surface area contributed by atoms with Crippen molar-refractivity contribution < 1.29 is 14.7 Å². The third-order valence-corrected chi connectivity index (χ3v) is 3.09. The minimum absolute atomic E-state index is 0.0639. The zero-order valence-electron chi connectivity index (χ0n) is 12.2. The fraction of sp³-hybridized carbons (Fsp3) is 0.429. The lowest BCUT2D eigenvalue weighted by atomic mass is 9.92. The summed E-state index contributed by atoms with van der Waals surface area (Å²) in [4.78, 5) is 12.2. The van der Waals surface area contributed by atoms with E-state index < -0.39 is 5.41 Å². The highest BCUT2D eigenvalue weighted by molar-refractivity contribution is 5.97. The van der Waals surface area contributed by atoms with Gasteiger partial charge in [0.05, 0.1) is 12.7 Å². The highest BCUT2D eigenvalue weighted by atomic mass is 16.5. The van der Waals surface area contributed by atoms with Gasteiger partial charge in [0, 0.05) is 12.0 Å². The number of benzene rings is 1. The summed E-state index contributed by atoms with van der Waals surface area (Å²) in [6.45, 7) is 5.70. The Bertz CT molecular complexity index is 524. The van der Waals surface area contributed by atoms with Crippen molar-refractivity contribution >= 4 is 11.7 Å². The largest absolute Gasteiger partial charge is 0.496 e. The fourth-order valence-electron chi connectivity index (χ4n) is 1.62. The van der Waals surface area contributed by atoms with Crippen LogP contribution in [0, 0.1) is 12.3 Å². The van der Waals surface area contributed by atoms with E-state index in [-0.39, 0.29) is 18.3 Å². The number of methoxy groups -OCH3 is 1. The molecule has 0 radical (unpaired) electrons. The van der Waals surface area contributed by atoms with E-state index in [0.29, 0.717) is 11.3 Å². The van der Waals surface area contributed by atoms with Crippen LogP contribution < -0.4 is 15.8 Å². The van der Waals surface area contributed by atoms with Gasteiger partial charge in [-0.2, -0.15) is 0 Å². The Balaban J connectivity index is 2.85. The Morgan fingerprint density at radius 2 is 2.15 bits per heavy atom. The van der Waals surface area contributed by atoms with Gasteiger partial charge in [0.15, 0.2) is 0 Å². The van der Waals surface area contributed by atoms with Crippen LogP contribution >= 0.6 is 0 Å². The maximum Gasteiger partial charge on any atom is 0.255 e. The summed E-state index contributed by atoms with van der Waals surface area (Å²) in [6.07, 6.45) is 0. The molecule has 0 bridgehead atoms. The van der Waals surface area contributed by atoms with E-state index in [4.69, 9.17) is 15.7 Å². The van der Waals surface area contributed by atoms with Crippen molar-refractivity contribution in [3.8, 4) is 5.75 Å². The average Bonchev–Trinajstić information content (AvgIpc) is 2.43. The number of nitrogens with one attached hydrogen (secondary N) is 1. The average molecular weight is 279 g/mol. The van der Waals surface area contributed by atoms with Crippen LogP contribution in [0.4, 0.5) is 0 Å². The lowest BCUT2D eigenvalue weighted by molar-refractivity contribution is 0.0941. The first-order valence-electron chi connectivity index (χ1n) is 6.22. The molecule has 0 atom stereocenters. The minimum atomic E-state index is -0.637. The zero-order valence-corrected chi connectivity index (χ0v) is 12.2. The van der Waals surface area contributed by atoms with E-state index in [1.165, 1.54) is 7.11 Å². The zero-order chi connectivity index (χ0) is 15.3. The maximum absolute atomic E-state index is 12.2. The smallest absolute Gasteiger partial charge is 0.255 e. The number of aryl methyl sites for hydroxylation is 1. The fourth-order valence-corrected chi connectivity index (χ4v) is 1.62. The summed E-state index contributed by atoms with van der Waals surface area (Å²) >= 11 is 0. The Hall–Kier alpha value is -2.24. The molecule has 20 heavy (non-hydrogen) atoms. The molecule has 0 aliphatic carbocycles. The van der Waals surface area contributed by atoms with E-state index >= 15 is 0 Å². The van der Waals surface area contributed by atoms with Crippen molar-refractivity contribution in [2.45, 2.75) is 20.8 Å². The first kappa shape index (κ1) is 15.8. The van der Waals surface area contributed by atoms with Crippen molar-refractivity contribution in [3.63, 3.8) is 0 Å². The summed E-state index contributed by atoms with van der Waals surface area (Å²) < 4.78 is 5.17. The minimum Gasteiger partial charge on any atom is -0.496 e. The van der Waals surface area contributed by atoms with Gasteiger partial charge in [-0.3, -0.25) is 4.79 Å². The standard InChI is InChI=1S/C14H21N3O3/c1-9-5-6-11(20-4)10(7-9)12(18)16-8-14(2,3)13(15)17-19/h5-7,19H,8H2,1-4H3,(H2,15,17)(H,16,18). The van der Waals surface area contributed by atoms with E-state index in [1.807, 2.05) is 13.0 Å². The number of oxime groups is 1. The molecule has 6 nitrogen and oxygen atoms in total. The second kappa shape index (κ2) is 6.27. The molecule has 0 aliphatic rings. The van der Waals surface area contributed by atoms with Gasteiger partial charge in [0.1, 0.15) is 11.6 Å². The second-order valence-corrected chi connectivity index (χ2v) is 5.26. The van der Waals surface area contributed by atoms with Crippen LogP contribution in [0.15, 0.2) is 23.4 Å². The SMILES string of the molecule is COc1ccc(C)cc1C(=O)NCC(C)(C)/C(N)=N/O. The van der Waals surface area contributed by atoms with Gasteiger partial charge >= 0.3 is 0 Å². The molecule has 0 spiro atoms. The molecule has 0 fully saturated rings. The van der Waals surface area contributed by atoms with Crippen LogP contribution in [-0.2, 0) is 0 Å². The molecule has 1 amide bonds. The molecule has 1 aromatic rings. The molecule has 0 aromatic heterocycles. The van der Waals surface area contributed by atoms with Crippen LogP contribution in [0.3, 0.4) is 0 Å². The molecule has 0 saturated heterocycles. The van der Waals surface area contributed by atoms with Gasteiger partial charge in [-0.1, -0.05) is 30.6 Å². The molecule has 1 aromatic carbocycles. The number of hydrogen-bond acceptors (Lipinski definition) is 4. The summed E-state index contributed by atoms with van der Waals surface area (Å²) in [7, 11) is 1.52. The number of amides is 1.